The van der Waals surface area contributed by atoms with E-state index in [9.17, 15) is 4.79 Å². The van der Waals surface area contributed by atoms with Crippen molar-refractivity contribution >= 4 is 5.91 Å². The van der Waals surface area contributed by atoms with Gasteiger partial charge in [-0.05, 0) is 25.2 Å². The number of hydrogen-bond donors (Lipinski definition) is 2. The third-order valence-corrected chi connectivity index (χ3v) is 2.88. The maximum absolute atomic E-state index is 11.6. The Morgan fingerprint density at radius 3 is 2.88 bits per heavy atom. The molecule has 0 spiro atoms. The fraction of sp³-hybridized carbons (Fsp3) is 0.909. The van der Waals surface area contributed by atoms with E-state index < -0.39 is 6.04 Å². The van der Waals surface area contributed by atoms with E-state index in [1.807, 2.05) is 0 Å². The minimum atomic E-state index is -0.459. The van der Waals surface area contributed by atoms with E-state index >= 15 is 0 Å². The molecule has 1 amide bonds. The van der Waals surface area contributed by atoms with Crippen molar-refractivity contribution in [3.63, 3.8) is 0 Å². The highest BCUT2D eigenvalue weighted by Gasteiger charge is 2.17. The molecule has 1 heterocycles. The number of nitrogens with one attached hydrogen (secondary N) is 1. The number of hydrogen-bond acceptors (Lipinski definition) is 4. The summed E-state index contributed by atoms with van der Waals surface area (Å²) >= 11 is 0. The van der Waals surface area contributed by atoms with E-state index in [1.54, 1.807) is 7.11 Å². The van der Waals surface area contributed by atoms with Gasteiger partial charge in [0.2, 0.25) is 5.91 Å². The van der Waals surface area contributed by atoms with Crippen LogP contribution in [-0.4, -0.2) is 45.4 Å². The monoisotopic (exact) mass is 230 g/mol. The zero-order valence-corrected chi connectivity index (χ0v) is 9.91. The summed E-state index contributed by atoms with van der Waals surface area (Å²) in [5, 5.41) is 2.89. The van der Waals surface area contributed by atoms with Crippen molar-refractivity contribution in [2.24, 2.45) is 11.7 Å². The van der Waals surface area contributed by atoms with Gasteiger partial charge in [-0.15, -0.1) is 0 Å². The topological polar surface area (TPSA) is 73.6 Å². The Kier molecular flexibility index (Phi) is 6.37. The highest BCUT2D eigenvalue weighted by molar-refractivity contribution is 5.81. The molecule has 16 heavy (non-hydrogen) atoms. The summed E-state index contributed by atoms with van der Waals surface area (Å²) in [4.78, 5) is 11.6. The average Bonchev–Trinajstić information content (AvgIpc) is 2.34. The Hall–Kier alpha value is -0.650. The molecule has 1 rings (SSSR count). The Bertz CT molecular complexity index is 205. The van der Waals surface area contributed by atoms with E-state index in [4.69, 9.17) is 15.2 Å². The molecule has 94 valence electrons. The standard InChI is InChI=1S/C11H22N2O3/c1-15-5-4-10(12)11(14)13-8-9-2-6-16-7-3-9/h9-10H,2-8,12H2,1H3,(H,13,14). The van der Waals surface area contributed by atoms with Gasteiger partial charge in [0.25, 0.3) is 0 Å². The highest BCUT2D eigenvalue weighted by atomic mass is 16.5. The molecule has 0 aromatic heterocycles. The molecule has 1 atom stereocenters. The van der Waals surface area contributed by atoms with Crippen molar-refractivity contribution in [3.8, 4) is 0 Å². The Morgan fingerprint density at radius 1 is 1.56 bits per heavy atom. The van der Waals surface area contributed by atoms with E-state index in [-0.39, 0.29) is 5.91 Å². The lowest BCUT2D eigenvalue weighted by atomic mass is 10.0. The van der Waals surface area contributed by atoms with Crippen LogP contribution in [0.15, 0.2) is 0 Å². The lowest BCUT2D eigenvalue weighted by Gasteiger charge is -2.22. The molecular formula is C11H22N2O3. The highest BCUT2D eigenvalue weighted by Crippen LogP contribution is 2.13. The van der Waals surface area contributed by atoms with E-state index in [0.717, 1.165) is 26.1 Å². The normalized spacial score (nSPS) is 19.4. The molecule has 0 saturated carbocycles. The van der Waals surface area contributed by atoms with Crippen LogP contribution >= 0.6 is 0 Å². The molecule has 1 saturated heterocycles. The number of carbonyl (C=O) groups is 1. The van der Waals surface area contributed by atoms with E-state index in [0.29, 0.717) is 25.5 Å². The Balaban J connectivity index is 2.12. The second-order valence-electron chi connectivity index (χ2n) is 4.19. The summed E-state index contributed by atoms with van der Waals surface area (Å²) in [7, 11) is 1.60. The molecule has 1 unspecified atom stereocenters. The molecule has 0 aromatic rings. The number of ether oxygens (including phenoxy) is 2. The van der Waals surface area contributed by atoms with Gasteiger partial charge in [0.05, 0.1) is 6.04 Å². The fourth-order valence-corrected chi connectivity index (χ4v) is 1.70. The molecule has 0 aliphatic carbocycles. The van der Waals surface area contributed by atoms with Crippen LogP contribution in [0.2, 0.25) is 0 Å². The first-order chi connectivity index (χ1) is 7.74. The van der Waals surface area contributed by atoms with Crippen LogP contribution < -0.4 is 11.1 Å². The number of carbonyl (C=O) groups excluding carboxylic acids is 1. The predicted molar refractivity (Wildman–Crippen MR) is 61.0 cm³/mol. The number of amides is 1. The van der Waals surface area contributed by atoms with Crippen molar-refractivity contribution < 1.29 is 14.3 Å². The van der Waals surface area contributed by atoms with Crippen molar-refractivity contribution in [3.05, 3.63) is 0 Å². The van der Waals surface area contributed by atoms with Crippen molar-refractivity contribution in [2.75, 3.05) is 33.5 Å². The van der Waals surface area contributed by atoms with Crippen LogP contribution in [-0.2, 0) is 14.3 Å². The summed E-state index contributed by atoms with van der Waals surface area (Å²) in [5.74, 6) is 0.455. The van der Waals surface area contributed by atoms with Crippen molar-refractivity contribution in [1.82, 2.24) is 5.32 Å². The smallest absolute Gasteiger partial charge is 0.237 e. The van der Waals surface area contributed by atoms with E-state index in [2.05, 4.69) is 5.32 Å². The SMILES string of the molecule is COCCC(N)C(=O)NCC1CCOCC1. The summed E-state index contributed by atoms with van der Waals surface area (Å²) in [6.07, 6.45) is 2.61. The van der Waals surface area contributed by atoms with Crippen molar-refractivity contribution in [2.45, 2.75) is 25.3 Å². The van der Waals surface area contributed by atoms with Crippen LogP contribution in [0.3, 0.4) is 0 Å². The maximum Gasteiger partial charge on any atom is 0.237 e. The quantitative estimate of drug-likeness (QED) is 0.668. The summed E-state index contributed by atoms with van der Waals surface area (Å²) in [6, 6.07) is -0.459. The third kappa shape index (κ3) is 4.92. The predicted octanol–water partition coefficient (Wildman–Crippen LogP) is -0.107. The number of rotatable bonds is 6. The summed E-state index contributed by atoms with van der Waals surface area (Å²) in [6.45, 7) is 2.83. The molecule has 3 N–H and O–H groups in total. The van der Waals surface area contributed by atoms with Gasteiger partial charge in [0.1, 0.15) is 0 Å². The average molecular weight is 230 g/mol. The number of methoxy groups -OCH3 is 1. The van der Waals surface area contributed by atoms with Gasteiger partial charge in [0, 0.05) is 33.5 Å². The second kappa shape index (κ2) is 7.60. The van der Waals surface area contributed by atoms with Gasteiger partial charge in [-0.3, -0.25) is 4.79 Å². The van der Waals surface area contributed by atoms with Gasteiger partial charge in [-0.1, -0.05) is 0 Å². The zero-order valence-electron chi connectivity index (χ0n) is 9.91. The Morgan fingerprint density at radius 2 is 2.25 bits per heavy atom. The molecule has 5 heteroatoms. The van der Waals surface area contributed by atoms with Crippen molar-refractivity contribution in [1.29, 1.82) is 0 Å². The Labute approximate surface area is 96.7 Å². The fourth-order valence-electron chi connectivity index (χ4n) is 1.70. The van der Waals surface area contributed by atoms with Gasteiger partial charge in [0.15, 0.2) is 0 Å². The first-order valence-electron chi connectivity index (χ1n) is 5.84. The third-order valence-electron chi connectivity index (χ3n) is 2.88. The first-order valence-corrected chi connectivity index (χ1v) is 5.84. The maximum atomic E-state index is 11.6. The van der Waals surface area contributed by atoms with Gasteiger partial charge in [-0.2, -0.15) is 0 Å². The minimum absolute atomic E-state index is 0.0801. The molecule has 1 aliphatic rings. The van der Waals surface area contributed by atoms with Crippen LogP contribution in [0.25, 0.3) is 0 Å². The lowest BCUT2D eigenvalue weighted by Crippen LogP contribution is -2.43. The van der Waals surface area contributed by atoms with Crippen LogP contribution in [0.5, 0.6) is 0 Å². The van der Waals surface area contributed by atoms with Crippen LogP contribution in [0, 0.1) is 5.92 Å². The zero-order chi connectivity index (χ0) is 11.8. The largest absolute Gasteiger partial charge is 0.385 e. The molecule has 1 aliphatic heterocycles. The van der Waals surface area contributed by atoms with Crippen LogP contribution in [0.4, 0.5) is 0 Å². The molecule has 0 aromatic carbocycles. The minimum Gasteiger partial charge on any atom is -0.385 e. The summed E-state index contributed by atoms with van der Waals surface area (Å²) < 4.78 is 10.1. The molecule has 0 bridgehead atoms. The second-order valence-corrected chi connectivity index (χ2v) is 4.19. The first kappa shape index (κ1) is 13.4. The molecule has 1 fully saturated rings. The molecule has 5 nitrogen and oxygen atoms in total. The molecule has 0 radical (unpaired) electrons. The van der Waals surface area contributed by atoms with Gasteiger partial charge in [-0.25, -0.2) is 0 Å². The summed E-state index contributed by atoms with van der Waals surface area (Å²) in [5.41, 5.74) is 5.70. The number of nitrogens with two attached hydrogens (primary N) is 1. The van der Waals surface area contributed by atoms with Crippen LogP contribution in [0.1, 0.15) is 19.3 Å². The lowest BCUT2D eigenvalue weighted by molar-refractivity contribution is -0.123. The van der Waals surface area contributed by atoms with E-state index in [1.165, 1.54) is 0 Å². The molecular weight excluding hydrogens is 208 g/mol. The van der Waals surface area contributed by atoms with Gasteiger partial charge < -0.3 is 20.5 Å². The van der Waals surface area contributed by atoms with Gasteiger partial charge >= 0.3 is 0 Å².